The van der Waals surface area contributed by atoms with Gasteiger partial charge < -0.3 is 14.2 Å². The normalized spacial score (nSPS) is 22.9. The van der Waals surface area contributed by atoms with Gasteiger partial charge in [0.2, 0.25) is 0 Å². The van der Waals surface area contributed by atoms with Gasteiger partial charge in [-0.3, -0.25) is 0 Å². The monoisotopic (exact) mass is 331 g/mol. The van der Waals surface area contributed by atoms with Gasteiger partial charge in [-0.15, -0.1) is 0 Å². The minimum atomic E-state index is -0.329. The van der Waals surface area contributed by atoms with Crippen molar-refractivity contribution in [2.75, 3.05) is 11.4 Å². The topological polar surface area (TPSA) is 21.7 Å². The summed E-state index contributed by atoms with van der Waals surface area (Å²) in [6.45, 7) is 11.1. The summed E-state index contributed by atoms with van der Waals surface area (Å²) in [7, 11) is -0.325. The highest BCUT2D eigenvalue weighted by molar-refractivity contribution is 6.55. The number of nitrogens with zero attached hydrogens (tertiary/aromatic N) is 1. The number of para-hydroxylation sites is 1. The molecule has 0 aliphatic carbocycles. The molecule has 1 aromatic carbocycles. The number of benzene rings is 1. The Kier molecular flexibility index (Phi) is 4.12. The van der Waals surface area contributed by atoms with Crippen LogP contribution in [-0.4, -0.2) is 24.9 Å². The molecule has 0 N–H and O–H groups in total. The van der Waals surface area contributed by atoms with E-state index < -0.39 is 0 Å². The molecule has 5 heteroatoms. The van der Waals surface area contributed by atoms with Gasteiger partial charge in [-0.2, -0.15) is 0 Å². The molecule has 0 amide bonds. The third kappa shape index (κ3) is 2.96. The molecule has 2 aliphatic rings. The van der Waals surface area contributed by atoms with Gasteiger partial charge in [0.1, 0.15) is 0 Å². The molecule has 3 rings (SSSR count). The van der Waals surface area contributed by atoms with Crippen molar-refractivity contribution >= 4 is 24.4 Å². The van der Waals surface area contributed by atoms with Gasteiger partial charge in [-0.25, -0.2) is 0 Å². The van der Waals surface area contributed by atoms with Gasteiger partial charge in [0.05, 0.1) is 21.9 Å². The number of allylic oxidation sites excluding steroid dienone is 3. The molecule has 3 nitrogen and oxygen atoms in total. The zero-order valence-electron chi connectivity index (χ0n) is 14.4. The molecule has 0 atom stereocenters. The zero-order valence-corrected chi connectivity index (χ0v) is 15.1. The number of anilines is 1. The second-order valence-electron chi connectivity index (χ2n) is 7.18. The van der Waals surface area contributed by atoms with Crippen LogP contribution in [0.2, 0.25) is 5.02 Å². The Morgan fingerprint density at radius 1 is 1.04 bits per heavy atom. The Bertz CT molecular complexity index is 665. The summed E-state index contributed by atoms with van der Waals surface area (Å²) in [5.74, 6) is 0. The van der Waals surface area contributed by atoms with Gasteiger partial charge >= 0.3 is 7.12 Å². The standard InChI is InChI=1S/C18H23BClNO2/c1-13-10-11-14(19-22-17(2,3)18(4,5)23-19)12-21(13)16-9-7-6-8-15(16)20/h6-11H,12H2,1-5H3. The minimum Gasteiger partial charge on any atom is -0.400 e. The van der Waals surface area contributed by atoms with Crippen LogP contribution >= 0.6 is 11.6 Å². The van der Waals surface area contributed by atoms with Crippen molar-refractivity contribution in [3.8, 4) is 0 Å². The first-order valence-corrected chi connectivity index (χ1v) is 8.34. The Morgan fingerprint density at radius 3 is 2.26 bits per heavy atom. The number of hydrogen-bond acceptors (Lipinski definition) is 3. The molecule has 0 saturated carbocycles. The lowest BCUT2D eigenvalue weighted by Gasteiger charge is -2.32. The SMILES string of the molecule is CC1=CC=C(B2OC(C)(C)C(C)(C)O2)CN1c1ccccc1Cl. The van der Waals surface area contributed by atoms with Crippen molar-refractivity contribution in [1.82, 2.24) is 0 Å². The fraction of sp³-hybridized carbons (Fsp3) is 0.444. The summed E-state index contributed by atoms with van der Waals surface area (Å²) in [6, 6.07) is 7.89. The summed E-state index contributed by atoms with van der Waals surface area (Å²) in [4.78, 5) is 2.20. The quantitative estimate of drug-likeness (QED) is 0.738. The van der Waals surface area contributed by atoms with Crippen molar-refractivity contribution in [1.29, 1.82) is 0 Å². The van der Waals surface area contributed by atoms with Crippen molar-refractivity contribution in [2.24, 2.45) is 0 Å². The molecule has 0 spiro atoms. The van der Waals surface area contributed by atoms with Crippen LogP contribution in [0, 0.1) is 0 Å². The highest BCUT2D eigenvalue weighted by atomic mass is 35.5. The van der Waals surface area contributed by atoms with Crippen LogP contribution in [0.15, 0.2) is 47.6 Å². The lowest BCUT2D eigenvalue weighted by molar-refractivity contribution is 0.00578. The molecule has 1 saturated heterocycles. The number of halogens is 1. The van der Waals surface area contributed by atoms with Crippen LogP contribution in [0.3, 0.4) is 0 Å². The van der Waals surface area contributed by atoms with E-state index in [1.165, 1.54) is 0 Å². The second-order valence-corrected chi connectivity index (χ2v) is 7.58. The average molecular weight is 332 g/mol. The van der Waals surface area contributed by atoms with Crippen LogP contribution in [0.1, 0.15) is 34.6 Å². The summed E-state index contributed by atoms with van der Waals surface area (Å²) >= 11 is 6.37. The van der Waals surface area contributed by atoms with Crippen molar-refractivity contribution in [3.63, 3.8) is 0 Å². The predicted octanol–water partition coefficient (Wildman–Crippen LogP) is 4.62. The summed E-state index contributed by atoms with van der Waals surface area (Å²) in [5, 5.41) is 0.746. The first-order chi connectivity index (χ1) is 10.7. The molecule has 0 aromatic heterocycles. The Balaban J connectivity index is 1.86. The van der Waals surface area contributed by atoms with Crippen LogP contribution in [0.4, 0.5) is 5.69 Å². The van der Waals surface area contributed by atoms with Crippen LogP contribution < -0.4 is 4.90 Å². The third-order valence-corrected chi connectivity index (χ3v) is 5.32. The van der Waals surface area contributed by atoms with Crippen molar-refractivity contribution in [3.05, 3.63) is 52.6 Å². The fourth-order valence-electron chi connectivity index (χ4n) is 2.77. The molecular weight excluding hydrogens is 308 g/mol. The van der Waals surface area contributed by atoms with Gasteiger partial charge in [0.15, 0.2) is 0 Å². The fourth-order valence-corrected chi connectivity index (χ4v) is 3.01. The maximum Gasteiger partial charge on any atom is 0.492 e. The van der Waals surface area contributed by atoms with Crippen molar-refractivity contribution in [2.45, 2.75) is 45.8 Å². The molecule has 0 radical (unpaired) electrons. The van der Waals surface area contributed by atoms with E-state index in [2.05, 4.69) is 51.7 Å². The zero-order chi connectivity index (χ0) is 16.8. The largest absolute Gasteiger partial charge is 0.492 e. The Morgan fingerprint density at radius 2 is 1.65 bits per heavy atom. The van der Waals surface area contributed by atoms with Crippen LogP contribution in [0.25, 0.3) is 0 Å². The molecule has 0 unspecified atom stereocenters. The van der Waals surface area contributed by atoms with E-state index >= 15 is 0 Å². The van der Waals surface area contributed by atoms with E-state index in [4.69, 9.17) is 20.9 Å². The van der Waals surface area contributed by atoms with E-state index in [0.29, 0.717) is 6.54 Å². The van der Waals surface area contributed by atoms with Gasteiger partial charge in [0, 0.05) is 12.2 Å². The van der Waals surface area contributed by atoms with Gasteiger partial charge in [0.25, 0.3) is 0 Å². The molecule has 1 fully saturated rings. The maximum absolute atomic E-state index is 6.37. The lowest BCUT2D eigenvalue weighted by Crippen LogP contribution is -2.41. The maximum atomic E-state index is 6.37. The Labute approximate surface area is 144 Å². The highest BCUT2D eigenvalue weighted by Gasteiger charge is 2.52. The predicted molar refractivity (Wildman–Crippen MR) is 96.7 cm³/mol. The lowest BCUT2D eigenvalue weighted by atomic mass is 9.76. The Hall–Kier alpha value is -1.23. The summed E-state index contributed by atoms with van der Waals surface area (Å²) in [5.41, 5.74) is 2.60. The smallest absolute Gasteiger partial charge is 0.400 e. The van der Waals surface area contributed by atoms with E-state index in [9.17, 15) is 0 Å². The first kappa shape index (κ1) is 16.6. The van der Waals surface area contributed by atoms with Crippen molar-refractivity contribution < 1.29 is 9.31 Å². The average Bonchev–Trinajstić information content (AvgIpc) is 2.69. The van der Waals surface area contributed by atoms with E-state index in [1.807, 2.05) is 24.3 Å². The number of rotatable bonds is 2. The first-order valence-electron chi connectivity index (χ1n) is 7.96. The summed E-state index contributed by atoms with van der Waals surface area (Å²) in [6.07, 6.45) is 4.19. The third-order valence-electron chi connectivity index (χ3n) is 5.00. The van der Waals surface area contributed by atoms with Gasteiger partial charge in [-0.05, 0) is 58.3 Å². The summed E-state index contributed by atoms with van der Waals surface area (Å²) < 4.78 is 12.3. The molecule has 2 aliphatic heterocycles. The van der Waals surface area contributed by atoms with Crippen LogP contribution in [0.5, 0.6) is 0 Å². The van der Waals surface area contributed by atoms with E-state index in [-0.39, 0.29) is 18.3 Å². The van der Waals surface area contributed by atoms with Crippen LogP contribution in [-0.2, 0) is 9.31 Å². The molecular formula is C18H23BClNO2. The highest BCUT2D eigenvalue weighted by Crippen LogP contribution is 2.40. The molecule has 23 heavy (non-hydrogen) atoms. The van der Waals surface area contributed by atoms with E-state index in [1.54, 1.807) is 0 Å². The minimum absolute atomic E-state index is 0.325. The van der Waals surface area contributed by atoms with Gasteiger partial charge in [-0.1, -0.05) is 29.8 Å². The molecule has 1 aromatic rings. The molecule has 122 valence electrons. The van der Waals surface area contributed by atoms with E-state index in [0.717, 1.165) is 21.9 Å². The number of hydrogen-bond donors (Lipinski definition) is 0. The molecule has 2 heterocycles. The second kappa shape index (κ2) is 5.69. The molecule has 0 bridgehead atoms.